The maximum Gasteiger partial charge on any atom is 0.408 e. The van der Waals surface area contributed by atoms with Gasteiger partial charge in [0.1, 0.15) is 6.04 Å². The number of allylic oxidation sites excluding steroid dienone is 1. The van der Waals surface area contributed by atoms with Crippen LogP contribution in [0.4, 0.5) is 13.2 Å². The normalized spacial score (nSPS) is 23.2. The number of rotatable bonds is 2. The topological polar surface area (TPSA) is 49.4 Å². The number of carbonyl (C=O) groups excluding carboxylic acids is 2. The minimum Gasteiger partial charge on any atom is -0.352 e. The van der Waals surface area contributed by atoms with E-state index in [1.54, 1.807) is 13.8 Å². The van der Waals surface area contributed by atoms with Crippen molar-refractivity contribution in [3.05, 3.63) is 11.6 Å². The Balaban J connectivity index is 2.91. The average molecular weight is 292 g/mol. The van der Waals surface area contributed by atoms with Crippen molar-refractivity contribution in [1.29, 1.82) is 0 Å². The lowest BCUT2D eigenvalue weighted by atomic mass is 9.97. The fraction of sp³-hybridized carbons (Fsp3) is 0.692. The zero-order valence-corrected chi connectivity index (χ0v) is 11.8. The third kappa shape index (κ3) is 4.54. The molecule has 0 aromatic carbocycles. The maximum atomic E-state index is 13.0. The van der Waals surface area contributed by atoms with Crippen LogP contribution in [-0.2, 0) is 9.59 Å². The molecule has 0 spiro atoms. The van der Waals surface area contributed by atoms with Gasteiger partial charge in [-0.25, -0.2) is 0 Å². The van der Waals surface area contributed by atoms with Gasteiger partial charge >= 0.3 is 6.18 Å². The van der Waals surface area contributed by atoms with Crippen LogP contribution in [0.25, 0.3) is 0 Å². The highest BCUT2D eigenvalue weighted by Gasteiger charge is 2.47. The van der Waals surface area contributed by atoms with Crippen LogP contribution in [0.1, 0.15) is 33.6 Å². The molecule has 0 aromatic rings. The molecule has 114 valence electrons. The molecule has 2 atom stereocenters. The van der Waals surface area contributed by atoms with Crippen molar-refractivity contribution in [3.8, 4) is 0 Å². The molecule has 1 saturated heterocycles. The van der Waals surface area contributed by atoms with Gasteiger partial charge in [-0.05, 0) is 26.7 Å². The average Bonchev–Trinajstić information content (AvgIpc) is 2.25. The highest BCUT2D eigenvalue weighted by atomic mass is 19.4. The predicted molar refractivity (Wildman–Crippen MR) is 67.8 cm³/mol. The smallest absolute Gasteiger partial charge is 0.352 e. The van der Waals surface area contributed by atoms with E-state index < -0.39 is 24.2 Å². The molecule has 20 heavy (non-hydrogen) atoms. The van der Waals surface area contributed by atoms with Crippen molar-refractivity contribution in [2.75, 3.05) is 6.54 Å². The Morgan fingerprint density at radius 1 is 1.20 bits per heavy atom. The van der Waals surface area contributed by atoms with E-state index in [0.717, 1.165) is 4.90 Å². The van der Waals surface area contributed by atoms with E-state index >= 15 is 0 Å². The number of halogens is 3. The van der Waals surface area contributed by atoms with Crippen LogP contribution in [0.15, 0.2) is 11.6 Å². The Hall–Kier alpha value is -1.53. The fourth-order valence-corrected chi connectivity index (χ4v) is 2.29. The van der Waals surface area contributed by atoms with E-state index in [1.165, 1.54) is 13.0 Å². The molecule has 1 heterocycles. The van der Waals surface area contributed by atoms with E-state index in [2.05, 4.69) is 5.32 Å². The van der Waals surface area contributed by atoms with E-state index in [9.17, 15) is 22.8 Å². The van der Waals surface area contributed by atoms with Gasteiger partial charge in [-0.2, -0.15) is 13.2 Å². The summed E-state index contributed by atoms with van der Waals surface area (Å²) in [6, 6.07) is -2.21. The molecule has 4 nitrogen and oxygen atoms in total. The van der Waals surface area contributed by atoms with Crippen molar-refractivity contribution >= 4 is 11.8 Å². The first kappa shape index (κ1) is 16.5. The van der Waals surface area contributed by atoms with Gasteiger partial charge in [0.05, 0.1) is 0 Å². The van der Waals surface area contributed by atoms with Gasteiger partial charge in [0, 0.05) is 25.6 Å². The second kappa shape index (κ2) is 6.28. The number of piperidine rings is 1. The third-order valence-corrected chi connectivity index (χ3v) is 3.06. The molecule has 0 aliphatic carbocycles. The lowest BCUT2D eigenvalue weighted by Crippen LogP contribution is -2.57. The van der Waals surface area contributed by atoms with Gasteiger partial charge in [-0.3, -0.25) is 9.59 Å². The molecule has 2 amide bonds. The minimum atomic E-state index is -4.45. The zero-order chi connectivity index (χ0) is 15.5. The molecule has 1 rings (SSSR count). The van der Waals surface area contributed by atoms with E-state index in [-0.39, 0.29) is 25.3 Å². The molecule has 1 aliphatic heterocycles. The van der Waals surface area contributed by atoms with Gasteiger partial charge in [-0.15, -0.1) is 0 Å². The standard InChI is InChI=1S/C13H19F3N2O2/c1-8(2)6-12(20)18-7-10(17-9(3)19)4-5-11(18)13(14,15)16/h6,10-11H,4-5,7H2,1-3H3,(H,17,19)/t10-,11+/m1/s1. The first-order valence-electron chi connectivity index (χ1n) is 6.40. The Bertz CT molecular complexity index is 414. The van der Waals surface area contributed by atoms with E-state index in [4.69, 9.17) is 0 Å². The number of hydrogen-bond donors (Lipinski definition) is 1. The van der Waals surface area contributed by atoms with Crippen molar-refractivity contribution in [2.45, 2.75) is 51.9 Å². The van der Waals surface area contributed by atoms with Crippen LogP contribution in [0.5, 0.6) is 0 Å². The molecule has 0 saturated carbocycles. The summed E-state index contributed by atoms with van der Waals surface area (Å²) in [4.78, 5) is 23.7. The summed E-state index contributed by atoms with van der Waals surface area (Å²) in [5.74, 6) is -0.975. The fourth-order valence-electron chi connectivity index (χ4n) is 2.29. The first-order valence-corrected chi connectivity index (χ1v) is 6.40. The third-order valence-electron chi connectivity index (χ3n) is 3.06. The summed E-state index contributed by atoms with van der Waals surface area (Å²) in [6.45, 7) is 4.48. The van der Waals surface area contributed by atoms with Crippen molar-refractivity contribution in [1.82, 2.24) is 10.2 Å². The molecule has 1 fully saturated rings. The Labute approximate surface area is 116 Å². The molecular formula is C13H19F3N2O2. The second-order valence-corrected chi connectivity index (χ2v) is 5.24. The predicted octanol–water partition coefficient (Wildman–Crippen LogP) is 2.01. The Morgan fingerprint density at radius 2 is 1.80 bits per heavy atom. The first-order chi connectivity index (χ1) is 9.11. The summed E-state index contributed by atoms with van der Waals surface area (Å²) in [5.41, 5.74) is 0.637. The number of nitrogens with one attached hydrogen (secondary N) is 1. The van der Waals surface area contributed by atoms with Crippen molar-refractivity contribution < 1.29 is 22.8 Å². The molecule has 0 unspecified atom stereocenters. The van der Waals surface area contributed by atoms with Crippen LogP contribution >= 0.6 is 0 Å². The van der Waals surface area contributed by atoms with Gasteiger partial charge < -0.3 is 10.2 Å². The maximum absolute atomic E-state index is 13.0. The van der Waals surface area contributed by atoms with Gasteiger partial charge in [-0.1, -0.05) is 5.57 Å². The second-order valence-electron chi connectivity index (χ2n) is 5.24. The summed E-state index contributed by atoms with van der Waals surface area (Å²) < 4.78 is 38.9. The Morgan fingerprint density at radius 3 is 2.25 bits per heavy atom. The molecule has 7 heteroatoms. The minimum absolute atomic E-state index is 0.119. The highest BCUT2D eigenvalue weighted by molar-refractivity contribution is 5.88. The largest absolute Gasteiger partial charge is 0.408 e. The number of likely N-dealkylation sites (tertiary alicyclic amines) is 1. The molecular weight excluding hydrogens is 273 g/mol. The van der Waals surface area contributed by atoms with Crippen LogP contribution in [-0.4, -0.2) is 41.5 Å². The summed E-state index contributed by atoms with van der Waals surface area (Å²) in [5, 5.41) is 2.57. The summed E-state index contributed by atoms with van der Waals surface area (Å²) >= 11 is 0. The molecule has 1 N–H and O–H groups in total. The molecule has 0 aromatic heterocycles. The van der Waals surface area contributed by atoms with Gasteiger partial charge in [0.2, 0.25) is 11.8 Å². The molecule has 0 radical (unpaired) electrons. The number of alkyl halides is 3. The van der Waals surface area contributed by atoms with E-state index in [1.807, 2.05) is 0 Å². The number of hydrogen-bond acceptors (Lipinski definition) is 2. The highest BCUT2D eigenvalue weighted by Crippen LogP contribution is 2.32. The number of nitrogens with zero attached hydrogens (tertiary/aromatic N) is 1. The van der Waals surface area contributed by atoms with Crippen LogP contribution < -0.4 is 5.32 Å². The SMILES string of the molecule is CC(=O)N[C@@H]1CC[C@@H](C(F)(F)F)N(C(=O)C=C(C)C)C1. The van der Waals surface area contributed by atoms with Gasteiger partial charge in [0.15, 0.2) is 0 Å². The summed E-state index contributed by atoms with van der Waals surface area (Å²) in [6.07, 6.45) is -3.25. The van der Waals surface area contributed by atoms with E-state index in [0.29, 0.717) is 5.57 Å². The number of amides is 2. The lowest BCUT2D eigenvalue weighted by molar-refractivity contribution is -0.195. The number of carbonyl (C=O) groups is 2. The summed E-state index contributed by atoms with van der Waals surface area (Å²) in [7, 11) is 0. The van der Waals surface area contributed by atoms with Crippen molar-refractivity contribution in [3.63, 3.8) is 0 Å². The van der Waals surface area contributed by atoms with Crippen LogP contribution in [0.2, 0.25) is 0 Å². The lowest BCUT2D eigenvalue weighted by Gasteiger charge is -2.40. The monoisotopic (exact) mass is 292 g/mol. The molecule has 0 bridgehead atoms. The van der Waals surface area contributed by atoms with Gasteiger partial charge in [0.25, 0.3) is 0 Å². The molecule has 1 aliphatic rings. The van der Waals surface area contributed by atoms with Crippen LogP contribution in [0.3, 0.4) is 0 Å². The van der Waals surface area contributed by atoms with Crippen molar-refractivity contribution in [2.24, 2.45) is 0 Å². The van der Waals surface area contributed by atoms with Crippen LogP contribution in [0, 0.1) is 0 Å². The quantitative estimate of drug-likeness (QED) is 0.792. The zero-order valence-electron chi connectivity index (χ0n) is 11.8. The Kier molecular flexibility index (Phi) is 5.19.